The largest absolute Gasteiger partial charge is 0.349 e. The number of hydrogen-bond donors (Lipinski definition) is 2. The van der Waals surface area contributed by atoms with Gasteiger partial charge in [0.1, 0.15) is 15.8 Å². The lowest BCUT2D eigenvalue weighted by Gasteiger charge is -2.39. The molecule has 0 radical (unpaired) electrons. The van der Waals surface area contributed by atoms with Gasteiger partial charge in [0.05, 0.1) is 16.5 Å². The summed E-state index contributed by atoms with van der Waals surface area (Å²) in [6, 6.07) is 8.03. The van der Waals surface area contributed by atoms with E-state index in [1.165, 1.54) is 37.3 Å². The Bertz CT molecular complexity index is 1080. The van der Waals surface area contributed by atoms with Gasteiger partial charge < -0.3 is 10.6 Å². The summed E-state index contributed by atoms with van der Waals surface area (Å²) in [6.07, 6.45) is 0.459. The molecule has 2 unspecified atom stereocenters. The van der Waals surface area contributed by atoms with Crippen LogP contribution in [0, 0.1) is 11.7 Å². The Balaban J connectivity index is 1.46. The van der Waals surface area contributed by atoms with Crippen molar-refractivity contribution in [3.8, 4) is 0 Å². The van der Waals surface area contributed by atoms with Crippen LogP contribution < -0.4 is 10.6 Å². The van der Waals surface area contributed by atoms with Crippen LogP contribution in [-0.4, -0.2) is 27.9 Å². The molecule has 2 fully saturated rings. The van der Waals surface area contributed by atoms with Gasteiger partial charge in [-0.3, -0.25) is 9.59 Å². The van der Waals surface area contributed by atoms with Crippen LogP contribution in [-0.2, 0) is 4.79 Å². The van der Waals surface area contributed by atoms with Crippen molar-refractivity contribution >= 4 is 63.9 Å². The minimum Gasteiger partial charge on any atom is -0.349 e. The maximum Gasteiger partial charge on any atom is 0.253 e. The molecular formula is C22H18Cl4F2N2O2. The molecule has 4 nitrogen and oxygen atoms in total. The fourth-order valence-corrected chi connectivity index (χ4v) is 5.41. The molecule has 170 valence electrons. The van der Waals surface area contributed by atoms with Crippen LogP contribution in [0.4, 0.5) is 14.5 Å². The monoisotopic (exact) mass is 520 g/mol. The molecule has 32 heavy (non-hydrogen) atoms. The summed E-state index contributed by atoms with van der Waals surface area (Å²) in [4.78, 5) is 25.4. The van der Waals surface area contributed by atoms with E-state index in [0.29, 0.717) is 11.3 Å². The van der Waals surface area contributed by atoms with Crippen LogP contribution in [0.5, 0.6) is 0 Å². The zero-order valence-electron chi connectivity index (χ0n) is 16.7. The zero-order valence-corrected chi connectivity index (χ0v) is 19.7. The first kappa shape index (κ1) is 23.6. The minimum absolute atomic E-state index is 0.143. The predicted octanol–water partition coefficient (Wildman–Crippen LogP) is 6.28. The fourth-order valence-electron chi connectivity index (χ4n) is 4.15. The van der Waals surface area contributed by atoms with Gasteiger partial charge in [-0.1, -0.05) is 23.2 Å². The van der Waals surface area contributed by atoms with Gasteiger partial charge in [0.2, 0.25) is 5.91 Å². The van der Waals surface area contributed by atoms with Gasteiger partial charge in [-0.05, 0) is 48.9 Å². The Morgan fingerprint density at radius 1 is 1.09 bits per heavy atom. The number of anilines is 1. The van der Waals surface area contributed by atoms with Crippen LogP contribution in [0.25, 0.3) is 0 Å². The molecule has 0 aromatic heterocycles. The number of benzene rings is 2. The summed E-state index contributed by atoms with van der Waals surface area (Å²) < 4.78 is 26.0. The van der Waals surface area contributed by atoms with Crippen LogP contribution in [0.15, 0.2) is 36.4 Å². The highest BCUT2D eigenvalue weighted by molar-refractivity contribution is 6.53. The lowest BCUT2D eigenvalue weighted by atomic mass is 9.79. The van der Waals surface area contributed by atoms with Gasteiger partial charge in [-0.15, -0.1) is 23.2 Å². The van der Waals surface area contributed by atoms with E-state index in [9.17, 15) is 18.4 Å². The number of nitrogens with one attached hydrogen (secondary N) is 2. The predicted molar refractivity (Wildman–Crippen MR) is 122 cm³/mol. The van der Waals surface area contributed by atoms with E-state index < -0.39 is 39.5 Å². The fraction of sp³-hybridized carbons (Fsp3) is 0.364. The third-order valence-corrected chi connectivity index (χ3v) is 7.23. The SMILES string of the molecule is CC1(F)CC(NC(=O)c2cc(NC(=O)C3C(c4cc(F)cc(Cl)c4)C3(Cl)Cl)ccc2Cl)C1. The van der Waals surface area contributed by atoms with E-state index in [1.54, 1.807) is 0 Å². The number of hydrogen-bond acceptors (Lipinski definition) is 2. The number of halogens is 6. The van der Waals surface area contributed by atoms with Crippen LogP contribution in [0.2, 0.25) is 10.0 Å². The number of alkyl halides is 3. The average Bonchev–Trinajstić information content (AvgIpc) is 3.23. The highest BCUT2D eigenvalue weighted by Gasteiger charge is 2.67. The molecular weight excluding hydrogens is 504 g/mol. The van der Waals surface area contributed by atoms with E-state index >= 15 is 0 Å². The van der Waals surface area contributed by atoms with Crippen LogP contribution in [0.3, 0.4) is 0 Å². The Morgan fingerprint density at radius 3 is 2.41 bits per heavy atom. The smallest absolute Gasteiger partial charge is 0.253 e. The topological polar surface area (TPSA) is 58.2 Å². The average molecular weight is 522 g/mol. The van der Waals surface area contributed by atoms with Gasteiger partial charge in [-0.2, -0.15) is 0 Å². The van der Waals surface area contributed by atoms with Crippen molar-refractivity contribution in [3.63, 3.8) is 0 Å². The van der Waals surface area contributed by atoms with Gasteiger partial charge in [0.15, 0.2) is 0 Å². The molecule has 2 aliphatic carbocycles. The molecule has 2 aromatic rings. The number of carbonyl (C=O) groups is 2. The summed E-state index contributed by atoms with van der Waals surface area (Å²) >= 11 is 24.7. The molecule has 2 saturated carbocycles. The summed E-state index contributed by atoms with van der Waals surface area (Å²) in [5.41, 5.74) is -0.415. The van der Waals surface area contributed by atoms with Crippen molar-refractivity contribution in [2.24, 2.45) is 5.92 Å². The normalized spacial score (nSPS) is 27.9. The zero-order chi connectivity index (χ0) is 23.4. The van der Waals surface area contributed by atoms with Crippen LogP contribution in [0.1, 0.15) is 41.6 Å². The Morgan fingerprint density at radius 2 is 1.78 bits per heavy atom. The van der Waals surface area contributed by atoms with E-state index in [0.717, 1.165) is 6.07 Å². The first-order valence-corrected chi connectivity index (χ1v) is 11.3. The number of rotatable bonds is 5. The lowest BCUT2D eigenvalue weighted by molar-refractivity contribution is -0.117. The van der Waals surface area contributed by atoms with Crippen molar-refractivity contribution in [1.29, 1.82) is 0 Å². The molecule has 2 atom stereocenters. The highest BCUT2D eigenvalue weighted by Crippen LogP contribution is 2.65. The Hall–Kier alpha value is -1.60. The second-order valence-corrected chi connectivity index (χ2v) is 10.8. The van der Waals surface area contributed by atoms with E-state index in [4.69, 9.17) is 46.4 Å². The maximum absolute atomic E-state index is 13.7. The quantitative estimate of drug-likeness (QED) is 0.455. The summed E-state index contributed by atoms with van der Waals surface area (Å²) in [6.45, 7) is 1.48. The lowest BCUT2D eigenvalue weighted by Crippen LogP contribution is -2.51. The first-order valence-electron chi connectivity index (χ1n) is 9.81. The molecule has 2 N–H and O–H groups in total. The Labute approximate surface area is 203 Å². The third-order valence-electron chi connectivity index (χ3n) is 5.74. The molecule has 2 aliphatic rings. The second-order valence-electron chi connectivity index (χ2n) is 8.51. The third kappa shape index (κ3) is 4.69. The van der Waals surface area contributed by atoms with E-state index in [2.05, 4.69) is 10.6 Å². The van der Waals surface area contributed by atoms with Crippen molar-refractivity contribution < 1.29 is 18.4 Å². The first-order chi connectivity index (χ1) is 14.9. The maximum atomic E-state index is 13.7. The van der Waals surface area contributed by atoms with Crippen LogP contribution >= 0.6 is 46.4 Å². The summed E-state index contributed by atoms with van der Waals surface area (Å²) in [5.74, 6) is -3.03. The number of amides is 2. The molecule has 4 rings (SSSR count). The molecule has 10 heteroatoms. The standard InChI is InChI=1S/C22H18Cl4F2N2O2/c1-21(28)8-14(9-21)30-19(31)15-7-13(2-3-16(15)24)29-20(32)18-17(22(18,25)26)10-4-11(23)6-12(27)5-10/h2-7,14,17-18H,8-9H2,1H3,(H,29,32)(H,30,31). The highest BCUT2D eigenvalue weighted by atomic mass is 35.5. The van der Waals surface area contributed by atoms with Crippen molar-refractivity contribution in [2.75, 3.05) is 5.32 Å². The molecule has 0 saturated heterocycles. The molecule has 2 amide bonds. The minimum atomic E-state index is -1.43. The summed E-state index contributed by atoms with van der Waals surface area (Å²) in [5, 5.41) is 5.76. The van der Waals surface area contributed by atoms with Crippen molar-refractivity contribution in [1.82, 2.24) is 5.32 Å². The Kier molecular flexibility index (Phi) is 6.12. The number of carbonyl (C=O) groups excluding carboxylic acids is 2. The van der Waals surface area contributed by atoms with Gasteiger partial charge in [0.25, 0.3) is 5.91 Å². The van der Waals surface area contributed by atoms with E-state index in [1.807, 2.05) is 0 Å². The summed E-state index contributed by atoms with van der Waals surface area (Å²) in [7, 11) is 0. The molecule has 0 spiro atoms. The molecule has 0 aliphatic heterocycles. The molecule has 0 heterocycles. The second kappa shape index (κ2) is 8.32. The van der Waals surface area contributed by atoms with Gasteiger partial charge in [-0.25, -0.2) is 8.78 Å². The molecule has 2 aromatic carbocycles. The van der Waals surface area contributed by atoms with Gasteiger partial charge in [0, 0.05) is 35.5 Å². The van der Waals surface area contributed by atoms with Crippen molar-refractivity contribution in [3.05, 3.63) is 63.4 Å². The van der Waals surface area contributed by atoms with Crippen molar-refractivity contribution in [2.45, 2.75) is 41.7 Å². The van der Waals surface area contributed by atoms with Gasteiger partial charge >= 0.3 is 0 Å². The van der Waals surface area contributed by atoms with E-state index in [-0.39, 0.29) is 34.5 Å². The molecule has 0 bridgehead atoms.